The first kappa shape index (κ1) is 12.4. The first-order valence-corrected chi connectivity index (χ1v) is 5.19. The van der Waals surface area contributed by atoms with E-state index in [1.807, 2.05) is 6.92 Å². The van der Waals surface area contributed by atoms with Crippen LogP contribution in [0.25, 0.3) is 0 Å². The lowest BCUT2D eigenvalue weighted by Gasteiger charge is -2.05. The summed E-state index contributed by atoms with van der Waals surface area (Å²) < 4.78 is 18.5. The van der Waals surface area contributed by atoms with Crippen LogP contribution in [0.2, 0.25) is 0 Å². The summed E-state index contributed by atoms with van der Waals surface area (Å²) in [4.78, 5) is 11.4. The van der Waals surface area contributed by atoms with E-state index in [0.29, 0.717) is 5.56 Å². The highest BCUT2D eigenvalue weighted by molar-refractivity contribution is 5.91. The first-order chi connectivity index (χ1) is 7.69. The van der Waals surface area contributed by atoms with E-state index >= 15 is 0 Å². The molecule has 86 valence electrons. The van der Waals surface area contributed by atoms with Gasteiger partial charge in [-0.05, 0) is 24.1 Å². The quantitative estimate of drug-likeness (QED) is 0.716. The van der Waals surface area contributed by atoms with E-state index < -0.39 is 5.82 Å². The van der Waals surface area contributed by atoms with E-state index in [2.05, 4.69) is 0 Å². The lowest BCUT2D eigenvalue weighted by Crippen LogP contribution is -2.02. The van der Waals surface area contributed by atoms with Gasteiger partial charge in [0.05, 0.1) is 7.11 Å². The van der Waals surface area contributed by atoms with Crippen LogP contribution in [-0.4, -0.2) is 12.9 Å². The number of halogens is 1. The predicted molar refractivity (Wildman–Crippen MR) is 61.1 cm³/mol. The molecule has 0 N–H and O–H groups in total. The Morgan fingerprint density at radius 2 is 2.25 bits per heavy atom. The summed E-state index contributed by atoms with van der Waals surface area (Å²) >= 11 is 0. The minimum Gasteiger partial charge on any atom is -0.494 e. The van der Waals surface area contributed by atoms with Crippen LogP contribution in [0.4, 0.5) is 4.39 Å². The standard InChI is InChI=1S/C13H15FO2/c1-3-4-7-11(15)9-10-6-5-8-12(16-2)13(10)14/h4-8H,3,9H2,1-2H3/b7-4+. The van der Waals surface area contributed by atoms with Gasteiger partial charge < -0.3 is 4.74 Å². The zero-order chi connectivity index (χ0) is 12.0. The van der Waals surface area contributed by atoms with E-state index in [0.717, 1.165) is 6.42 Å². The number of hydrogen-bond acceptors (Lipinski definition) is 2. The maximum atomic E-state index is 13.7. The Balaban J connectivity index is 2.81. The van der Waals surface area contributed by atoms with Crippen molar-refractivity contribution in [1.29, 1.82) is 0 Å². The number of rotatable bonds is 5. The maximum Gasteiger partial charge on any atom is 0.168 e. The van der Waals surface area contributed by atoms with E-state index in [-0.39, 0.29) is 18.0 Å². The van der Waals surface area contributed by atoms with Crippen molar-refractivity contribution in [3.63, 3.8) is 0 Å². The fourth-order valence-corrected chi connectivity index (χ4v) is 1.35. The van der Waals surface area contributed by atoms with Crippen molar-refractivity contribution >= 4 is 5.78 Å². The fourth-order valence-electron chi connectivity index (χ4n) is 1.35. The van der Waals surface area contributed by atoms with E-state index in [4.69, 9.17) is 4.74 Å². The zero-order valence-corrected chi connectivity index (χ0v) is 9.50. The van der Waals surface area contributed by atoms with Crippen LogP contribution < -0.4 is 4.74 Å². The molecule has 0 aromatic heterocycles. The van der Waals surface area contributed by atoms with Crippen molar-refractivity contribution in [2.45, 2.75) is 19.8 Å². The van der Waals surface area contributed by atoms with E-state index in [1.165, 1.54) is 19.3 Å². The average molecular weight is 222 g/mol. The fraction of sp³-hybridized carbons (Fsp3) is 0.308. The summed E-state index contributed by atoms with van der Waals surface area (Å²) in [6.07, 6.45) is 4.12. The van der Waals surface area contributed by atoms with Crippen molar-refractivity contribution in [3.8, 4) is 5.75 Å². The van der Waals surface area contributed by atoms with Crippen molar-refractivity contribution in [3.05, 3.63) is 41.7 Å². The Labute approximate surface area is 94.7 Å². The number of ether oxygens (including phenoxy) is 1. The molecule has 3 heteroatoms. The molecule has 0 saturated heterocycles. The molecule has 0 spiro atoms. The molecule has 0 fully saturated rings. The first-order valence-electron chi connectivity index (χ1n) is 5.19. The number of ketones is 1. The molecule has 0 bridgehead atoms. The van der Waals surface area contributed by atoms with Crippen LogP contribution in [0.3, 0.4) is 0 Å². The Kier molecular flexibility index (Phi) is 4.70. The van der Waals surface area contributed by atoms with Crippen LogP contribution in [0.1, 0.15) is 18.9 Å². The van der Waals surface area contributed by atoms with Gasteiger partial charge in [-0.2, -0.15) is 0 Å². The molecule has 0 unspecified atom stereocenters. The smallest absolute Gasteiger partial charge is 0.168 e. The molecule has 0 amide bonds. The second-order valence-corrected chi connectivity index (χ2v) is 3.39. The number of carbonyl (C=O) groups excluding carboxylic acids is 1. The summed E-state index contributed by atoms with van der Waals surface area (Å²) in [6, 6.07) is 4.80. The number of benzene rings is 1. The molecular formula is C13H15FO2. The monoisotopic (exact) mass is 222 g/mol. The Bertz CT molecular complexity index is 397. The SMILES string of the molecule is CC/C=C/C(=O)Cc1cccc(OC)c1F. The molecule has 0 atom stereocenters. The van der Waals surface area contributed by atoms with Gasteiger partial charge >= 0.3 is 0 Å². The van der Waals surface area contributed by atoms with Crippen LogP contribution in [0, 0.1) is 5.82 Å². The molecule has 0 aliphatic rings. The molecule has 0 heterocycles. The van der Waals surface area contributed by atoms with Gasteiger partial charge in [-0.25, -0.2) is 4.39 Å². The Morgan fingerprint density at radius 3 is 2.88 bits per heavy atom. The highest BCUT2D eigenvalue weighted by Gasteiger charge is 2.10. The summed E-state index contributed by atoms with van der Waals surface area (Å²) in [5, 5.41) is 0. The van der Waals surface area contributed by atoms with E-state index in [9.17, 15) is 9.18 Å². The second-order valence-electron chi connectivity index (χ2n) is 3.39. The minimum atomic E-state index is -0.455. The number of allylic oxidation sites excluding steroid dienone is 2. The molecule has 0 aliphatic heterocycles. The van der Waals surface area contributed by atoms with Crippen molar-refractivity contribution in [2.75, 3.05) is 7.11 Å². The molecule has 1 aromatic rings. The number of hydrogen-bond donors (Lipinski definition) is 0. The normalized spacial score (nSPS) is 10.7. The minimum absolute atomic E-state index is 0.0690. The summed E-state index contributed by atoms with van der Waals surface area (Å²) in [7, 11) is 1.40. The largest absolute Gasteiger partial charge is 0.494 e. The van der Waals surface area contributed by atoms with Crippen LogP contribution >= 0.6 is 0 Å². The lowest BCUT2D eigenvalue weighted by molar-refractivity contribution is -0.114. The van der Waals surface area contributed by atoms with Gasteiger partial charge in [0, 0.05) is 6.42 Å². The molecule has 2 nitrogen and oxygen atoms in total. The molecular weight excluding hydrogens is 207 g/mol. The molecule has 1 aromatic carbocycles. The number of methoxy groups -OCH3 is 1. The van der Waals surface area contributed by atoms with Gasteiger partial charge in [0.2, 0.25) is 0 Å². The maximum absolute atomic E-state index is 13.7. The molecule has 0 radical (unpaired) electrons. The topological polar surface area (TPSA) is 26.3 Å². The van der Waals surface area contributed by atoms with Gasteiger partial charge in [-0.1, -0.05) is 25.1 Å². The predicted octanol–water partition coefficient (Wildman–Crippen LogP) is 2.91. The van der Waals surface area contributed by atoms with E-state index in [1.54, 1.807) is 18.2 Å². The molecule has 0 saturated carbocycles. The van der Waals surface area contributed by atoms with Gasteiger partial charge in [0.25, 0.3) is 0 Å². The summed E-state index contributed by atoms with van der Waals surface area (Å²) in [6.45, 7) is 1.94. The number of carbonyl (C=O) groups is 1. The lowest BCUT2D eigenvalue weighted by atomic mass is 10.1. The van der Waals surface area contributed by atoms with Gasteiger partial charge in [0.15, 0.2) is 17.3 Å². The van der Waals surface area contributed by atoms with Crippen molar-refractivity contribution < 1.29 is 13.9 Å². The highest BCUT2D eigenvalue weighted by atomic mass is 19.1. The van der Waals surface area contributed by atoms with Crippen LogP contribution in [0.5, 0.6) is 5.75 Å². The summed E-state index contributed by atoms with van der Waals surface area (Å²) in [5.41, 5.74) is 0.366. The molecule has 0 aliphatic carbocycles. The zero-order valence-electron chi connectivity index (χ0n) is 9.50. The van der Waals surface area contributed by atoms with Gasteiger partial charge in [0.1, 0.15) is 0 Å². The molecule has 1 rings (SSSR count). The Hall–Kier alpha value is -1.64. The van der Waals surface area contributed by atoms with Crippen molar-refractivity contribution in [2.24, 2.45) is 0 Å². The van der Waals surface area contributed by atoms with Crippen molar-refractivity contribution in [1.82, 2.24) is 0 Å². The Morgan fingerprint density at radius 1 is 1.50 bits per heavy atom. The third-order valence-electron chi connectivity index (χ3n) is 2.17. The third-order valence-corrected chi connectivity index (χ3v) is 2.17. The van der Waals surface area contributed by atoms with Crippen LogP contribution in [-0.2, 0) is 11.2 Å². The van der Waals surface area contributed by atoms with Gasteiger partial charge in [-0.15, -0.1) is 0 Å². The third kappa shape index (κ3) is 3.19. The van der Waals surface area contributed by atoms with Crippen LogP contribution in [0.15, 0.2) is 30.4 Å². The average Bonchev–Trinajstić information content (AvgIpc) is 2.29. The molecule has 16 heavy (non-hydrogen) atoms. The van der Waals surface area contributed by atoms with Gasteiger partial charge in [-0.3, -0.25) is 4.79 Å². The highest BCUT2D eigenvalue weighted by Crippen LogP contribution is 2.20. The summed E-state index contributed by atoms with van der Waals surface area (Å²) in [5.74, 6) is -0.387. The second kappa shape index (κ2) is 6.05.